The molecule has 0 aliphatic carbocycles. The monoisotopic (exact) mass is 418 g/mol. The summed E-state index contributed by atoms with van der Waals surface area (Å²) in [5.41, 5.74) is 4.49. The molecule has 5 rings (SSSR count). The molecule has 0 bridgehead atoms. The van der Waals surface area contributed by atoms with Gasteiger partial charge in [-0.25, -0.2) is 4.98 Å². The van der Waals surface area contributed by atoms with Gasteiger partial charge in [-0.3, -0.25) is 9.59 Å². The standard InChI is InChI=1S/C27H18N2O3/c30-25(18-7-2-1-3-8-18)19-13-15-20(16-14-19)26(31)28-22-10-6-9-21(17-22)27-29-23-11-4-5-12-24(23)32-27/h1-17H,(H,28,31). The molecule has 0 atom stereocenters. The predicted octanol–water partition coefficient (Wildman–Crippen LogP) is 5.98. The Morgan fingerprint density at radius 2 is 1.38 bits per heavy atom. The summed E-state index contributed by atoms with van der Waals surface area (Å²) in [4.78, 5) is 29.8. The second-order valence-electron chi connectivity index (χ2n) is 7.29. The number of carbonyl (C=O) groups is 2. The Kier molecular flexibility index (Phi) is 5.06. The lowest BCUT2D eigenvalue weighted by molar-refractivity contribution is 0.102. The maximum atomic E-state index is 12.7. The summed E-state index contributed by atoms with van der Waals surface area (Å²) in [5.74, 6) is 0.146. The largest absolute Gasteiger partial charge is 0.436 e. The summed E-state index contributed by atoms with van der Waals surface area (Å²) in [6, 6.07) is 30.6. The van der Waals surface area contributed by atoms with Gasteiger partial charge in [-0.1, -0.05) is 60.7 Å². The summed E-state index contributed by atoms with van der Waals surface area (Å²) in [6.45, 7) is 0. The molecule has 5 nitrogen and oxygen atoms in total. The van der Waals surface area contributed by atoms with Gasteiger partial charge in [-0.05, 0) is 42.5 Å². The second kappa shape index (κ2) is 8.32. The van der Waals surface area contributed by atoms with Crippen molar-refractivity contribution >= 4 is 28.5 Å². The number of nitrogens with one attached hydrogen (secondary N) is 1. The number of carbonyl (C=O) groups excluding carboxylic acids is 2. The average Bonchev–Trinajstić information content (AvgIpc) is 3.29. The van der Waals surface area contributed by atoms with Gasteiger partial charge in [-0.15, -0.1) is 0 Å². The van der Waals surface area contributed by atoms with E-state index in [1.807, 2.05) is 60.7 Å². The van der Waals surface area contributed by atoms with Crippen molar-refractivity contribution in [1.29, 1.82) is 0 Å². The lowest BCUT2D eigenvalue weighted by Gasteiger charge is -2.07. The number of anilines is 1. The number of amides is 1. The molecular weight excluding hydrogens is 400 g/mol. The van der Waals surface area contributed by atoms with Crippen LogP contribution in [0.25, 0.3) is 22.6 Å². The number of fused-ring (bicyclic) bond motifs is 1. The van der Waals surface area contributed by atoms with E-state index in [0.29, 0.717) is 33.9 Å². The van der Waals surface area contributed by atoms with Crippen molar-refractivity contribution in [3.8, 4) is 11.5 Å². The number of para-hydroxylation sites is 2. The third-order valence-electron chi connectivity index (χ3n) is 5.11. The van der Waals surface area contributed by atoms with E-state index in [2.05, 4.69) is 10.3 Å². The van der Waals surface area contributed by atoms with Crippen molar-refractivity contribution in [1.82, 2.24) is 4.98 Å². The van der Waals surface area contributed by atoms with E-state index in [1.165, 1.54) is 0 Å². The van der Waals surface area contributed by atoms with Crippen molar-refractivity contribution in [2.45, 2.75) is 0 Å². The van der Waals surface area contributed by atoms with Gasteiger partial charge < -0.3 is 9.73 Å². The number of aromatic nitrogens is 1. The van der Waals surface area contributed by atoms with Gasteiger partial charge in [-0.2, -0.15) is 0 Å². The van der Waals surface area contributed by atoms with Crippen LogP contribution in [0.4, 0.5) is 5.69 Å². The zero-order valence-electron chi connectivity index (χ0n) is 17.0. The smallest absolute Gasteiger partial charge is 0.255 e. The maximum Gasteiger partial charge on any atom is 0.255 e. The molecule has 0 unspecified atom stereocenters. The predicted molar refractivity (Wildman–Crippen MR) is 124 cm³/mol. The van der Waals surface area contributed by atoms with Gasteiger partial charge in [0.05, 0.1) is 0 Å². The molecule has 0 fully saturated rings. The molecule has 1 heterocycles. The van der Waals surface area contributed by atoms with Gasteiger partial charge >= 0.3 is 0 Å². The van der Waals surface area contributed by atoms with E-state index < -0.39 is 0 Å². The quantitative estimate of drug-likeness (QED) is 0.357. The van der Waals surface area contributed by atoms with E-state index in [9.17, 15) is 9.59 Å². The summed E-state index contributed by atoms with van der Waals surface area (Å²) in [5, 5.41) is 2.89. The molecule has 0 saturated heterocycles. The Labute approximate surface area is 184 Å². The highest BCUT2D eigenvalue weighted by molar-refractivity contribution is 6.10. The minimum Gasteiger partial charge on any atom is -0.436 e. The fourth-order valence-corrected chi connectivity index (χ4v) is 3.46. The normalized spacial score (nSPS) is 10.8. The third-order valence-corrected chi connectivity index (χ3v) is 5.11. The molecule has 1 aromatic heterocycles. The first-order chi connectivity index (χ1) is 15.7. The Balaban J connectivity index is 1.33. The molecular formula is C27H18N2O3. The van der Waals surface area contributed by atoms with Gasteiger partial charge in [0.25, 0.3) is 5.91 Å². The Morgan fingerprint density at radius 1 is 0.688 bits per heavy atom. The first-order valence-corrected chi connectivity index (χ1v) is 10.1. The van der Waals surface area contributed by atoms with E-state index in [1.54, 1.807) is 42.5 Å². The summed E-state index contributed by atoms with van der Waals surface area (Å²) < 4.78 is 5.82. The van der Waals surface area contributed by atoms with Crippen LogP contribution in [0.1, 0.15) is 26.3 Å². The van der Waals surface area contributed by atoms with Crippen LogP contribution in [0.15, 0.2) is 108 Å². The molecule has 0 aliphatic heterocycles. The van der Waals surface area contributed by atoms with Gasteiger partial charge in [0.1, 0.15) is 5.52 Å². The highest BCUT2D eigenvalue weighted by Gasteiger charge is 2.12. The topological polar surface area (TPSA) is 72.2 Å². The van der Waals surface area contributed by atoms with Gasteiger partial charge in [0.2, 0.25) is 5.89 Å². The summed E-state index contributed by atoms with van der Waals surface area (Å²) in [6.07, 6.45) is 0. The van der Waals surface area contributed by atoms with Gasteiger partial charge in [0.15, 0.2) is 11.4 Å². The number of benzene rings is 4. The van der Waals surface area contributed by atoms with Crippen LogP contribution >= 0.6 is 0 Å². The third kappa shape index (κ3) is 3.91. The van der Waals surface area contributed by atoms with E-state index >= 15 is 0 Å². The molecule has 1 amide bonds. The Morgan fingerprint density at radius 3 is 2.16 bits per heavy atom. The van der Waals surface area contributed by atoms with Crippen molar-refractivity contribution in [3.63, 3.8) is 0 Å². The van der Waals surface area contributed by atoms with Gasteiger partial charge in [0, 0.05) is 27.9 Å². The van der Waals surface area contributed by atoms with Crippen LogP contribution in [0.2, 0.25) is 0 Å². The van der Waals surface area contributed by atoms with Crippen molar-refractivity contribution < 1.29 is 14.0 Å². The highest BCUT2D eigenvalue weighted by Crippen LogP contribution is 2.26. The molecule has 1 N–H and O–H groups in total. The molecule has 0 saturated carbocycles. The zero-order valence-corrected chi connectivity index (χ0v) is 17.0. The first kappa shape index (κ1) is 19.5. The lowest BCUT2D eigenvalue weighted by atomic mass is 10.0. The molecule has 5 aromatic rings. The molecule has 5 heteroatoms. The van der Waals surface area contributed by atoms with E-state index in [4.69, 9.17) is 4.42 Å². The zero-order chi connectivity index (χ0) is 21.9. The molecule has 4 aromatic carbocycles. The number of nitrogens with zero attached hydrogens (tertiary/aromatic N) is 1. The van der Waals surface area contributed by atoms with Crippen molar-refractivity contribution in [2.75, 3.05) is 5.32 Å². The molecule has 32 heavy (non-hydrogen) atoms. The van der Waals surface area contributed by atoms with E-state index in [-0.39, 0.29) is 11.7 Å². The van der Waals surface area contributed by atoms with Crippen LogP contribution in [0.3, 0.4) is 0 Å². The first-order valence-electron chi connectivity index (χ1n) is 10.1. The van der Waals surface area contributed by atoms with Crippen molar-refractivity contribution in [3.05, 3.63) is 120 Å². The van der Waals surface area contributed by atoms with Crippen LogP contribution in [-0.2, 0) is 0 Å². The van der Waals surface area contributed by atoms with Crippen LogP contribution in [-0.4, -0.2) is 16.7 Å². The summed E-state index contributed by atoms with van der Waals surface area (Å²) >= 11 is 0. The Hall–Kier alpha value is -4.51. The van der Waals surface area contributed by atoms with E-state index in [0.717, 1.165) is 11.1 Å². The van der Waals surface area contributed by atoms with Crippen LogP contribution in [0, 0.1) is 0 Å². The van der Waals surface area contributed by atoms with Crippen LogP contribution < -0.4 is 5.32 Å². The fraction of sp³-hybridized carbons (Fsp3) is 0. The summed E-state index contributed by atoms with van der Waals surface area (Å²) in [7, 11) is 0. The number of ketones is 1. The average molecular weight is 418 g/mol. The minimum atomic E-state index is -0.265. The molecule has 0 radical (unpaired) electrons. The number of hydrogen-bond donors (Lipinski definition) is 1. The molecule has 154 valence electrons. The highest BCUT2D eigenvalue weighted by atomic mass is 16.3. The maximum absolute atomic E-state index is 12.7. The minimum absolute atomic E-state index is 0.0800. The fourth-order valence-electron chi connectivity index (χ4n) is 3.46. The SMILES string of the molecule is O=C(Nc1cccc(-c2nc3ccccc3o2)c1)c1ccc(C(=O)c2ccccc2)cc1. The number of oxazole rings is 1. The van der Waals surface area contributed by atoms with Crippen molar-refractivity contribution in [2.24, 2.45) is 0 Å². The van der Waals surface area contributed by atoms with Crippen LogP contribution in [0.5, 0.6) is 0 Å². The lowest BCUT2D eigenvalue weighted by Crippen LogP contribution is -2.12. The second-order valence-corrected chi connectivity index (χ2v) is 7.29. The number of hydrogen-bond acceptors (Lipinski definition) is 4. The molecule has 0 spiro atoms. The molecule has 0 aliphatic rings. The Bertz CT molecular complexity index is 1390. The number of rotatable bonds is 5.